The van der Waals surface area contributed by atoms with Crippen molar-refractivity contribution < 1.29 is 14.3 Å². The molecule has 0 unspecified atom stereocenters. The zero-order valence-electron chi connectivity index (χ0n) is 20.5. The van der Waals surface area contributed by atoms with Crippen LogP contribution in [0.15, 0.2) is 54.7 Å². The van der Waals surface area contributed by atoms with E-state index >= 15 is 0 Å². The Hall–Kier alpha value is -3.16. The third-order valence-corrected chi connectivity index (χ3v) is 7.39. The van der Waals surface area contributed by atoms with Crippen molar-refractivity contribution in [1.82, 2.24) is 20.0 Å². The van der Waals surface area contributed by atoms with Crippen molar-refractivity contribution in [2.45, 2.75) is 45.5 Å². The van der Waals surface area contributed by atoms with E-state index < -0.39 is 6.04 Å². The van der Waals surface area contributed by atoms with Gasteiger partial charge in [0.1, 0.15) is 18.4 Å². The van der Waals surface area contributed by atoms with Gasteiger partial charge < -0.3 is 19.9 Å². The SMILES string of the molecule is C=C1CC[C@@H](N2Cc3c(OCc4ccc(CN5CCN(CC)CC5)cc4)cccc3C2=O)C(=O)N1. The second-order valence-electron chi connectivity index (χ2n) is 9.68. The average molecular weight is 475 g/mol. The largest absolute Gasteiger partial charge is 0.489 e. The van der Waals surface area contributed by atoms with Crippen LogP contribution in [0.2, 0.25) is 0 Å². The molecule has 7 heteroatoms. The molecule has 2 amide bonds. The fraction of sp³-hybridized carbons (Fsp3) is 0.429. The van der Waals surface area contributed by atoms with Crippen molar-refractivity contribution in [1.29, 1.82) is 0 Å². The molecule has 1 atom stereocenters. The highest BCUT2D eigenvalue weighted by Crippen LogP contribution is 2.34. The lowest BCUT2D eigenvalue weighted by atomic mass is 10.0. The molecule has 3 aliphatic heterocycles. The molecule has 184 valence electrons. The highest BCUT2D eigenvalue weighted by molar-refractivity contribution is 6.02. The molecule has 3 heterocycles. The van der Waals surface area contributed by atoms with E-state index in [-0.39, 0.29) is 11.8 Å². The predicted octanol–water partition coefficient (Wildman–Crippen LogP) is 3.15. The number of piperidine rings is 1. The molecule has 2 aromatic rings. The summed E-state index contributed by atoms with van der Waals surface area (Å²) in [6.45, 7) is 13.5. The highest BCUT2D eigenvalue weighted by Gasteiger charge is 2.39. The number of hydrogen-bond donors (Lipinski definition) is 1. The van der Waals surface area contributed by atoms with E-state index in [0.717, 1.165) is 50.4 Å². The maximum absolute atomic E-state index is 13.0. The van der Waals surface area contributed by atoms with Gasteiger partial charge in [0.15, 0.2) is 0 Å². The van der Waals surface area contributed by atoms with Crippen molar-refractivity contribution in [3.63, 3.8) is 0 Å². The number of amides is 2. The van der Waals surface area contributed by atoms with Gasteiger partial charge in [-0.25, -0.2) is 0 Å². The minimum Gasteiger partial charge on any atom is -0.489 e. The number of carbonyl (C=O) groups is 2. The van der Waals surface area contributed by atoms with Crippen molar-refractivity contribution in [3.05, 3.63) is 77.0 Å². The van der Waals surface area contributed by atoms with Gasteiger partial charge in [0.05, 0.1) is 6.54 Å². The number of benzene rings is 2. The van der Waals surface area contributed by atoms with E-state index in [1.54, 1.807) is 4.90 Å². The zero-order valence-corrected chi connectivity index (χ0v) is 20.5. The summed E-state index contributed by atoms with van der Waals surface area (Å²) in [5, 5.41) is 2.79. The standard InChI is InChI=1S/C28H34N4O3/c1-3-30-13-15-31(16-14-30)17-21-8-10-22(11-9-21)19-35-26-6-4-5-23-24(26)18-32(28(23)34)25-12-7-20(2)29-27(25)33/h4-6,8-11,25H,2-3,7,12-19H2,1H3,(H,29,33)/t25-/m1/s1. The molecule has 2 fully saturated rings. The Balaban J connectivity index is 1.19. The number of nitrogens with one attached hydrogen (secondary N) is 1. The topological polar surface area (TPSA) is 65.1 Å². The quantitative estimate of drug-likeness (QED) is 0.668. The highest BCUT2D eigenvalue weighted by atomic mass is 16.5. The summed E-state index contributed by atoms with van der Waals surface area (Å²) in [5.41, 5.74) is 4.60. The van der Waals surface area contributed by atoms with Crippen LogP contribution in [0.5, 0.6) is 5.75 Å². The van der Waals surface area contributed by atoms with Crippen LogP contribution in [0.3, 0.4) is 0 Å². The summed E-state index contributed by atoms with van der Waals surface area (Å²) < 4.78 is 6.17. The fourth-order valence-corrected chi connectivity index (χ4v) is 5.20. The number of piperazine rings is 1. The van der Waals surface area contributed by atoms with Gasteiger partial charge in [-0.15, -0.1) is 0 Å². The Morgan fingerprint density at radius 2 is 1.71 bits per heavy atom. The van der Waals surface area contributed by atoms with Crippen LogP contribution in [-0.4, -0.2) is 65.3 Å². The van der Waals surface area contributed by atoms with Crippen molar-refractivity contribution in [2.75, 3.05) is 32.7 Å². The maximum atomic E-state index is 13.0. The molecule has 0 aliphatic carbocycles. The van der Waals surface area contributed by atoms with E-state index in [2.05, 4.69) is 52.9 Å². The van der Waals surface area contributed by atoms with E-state index in [9.17, 15) is 9.59 Å². The van der Waals surface area contributed by atoms with E-state index in [0.29, 0.717) is 43.0 Å². The monoisotopic (exact) mass is 474 g/mol. The number of ether oxygens (including phenoxy) is 1. The van der Waals surface area contributed by atoms with Crippen LogP contribution in [0.4, 0.5) is 0 Å². The van der Waals surface area contributed by atoms with Gasteiger partial charge in [-0.05, 0) is 42.6 Å². The molecule has 7 nitrogen and oxygen atoms in total. The van der Waals surface area contributed by atoms with Crippen LogP contribution < -0.4 is 10.1 Å². The van der Waals surface area contributed by atoms with Crippen molar-refractivity contribution >= 4 is 11.8 Å². The summed E-state index contributed by atoms with van der Waals surface area (Å²) in [6, 6.07) is 13.7. The van der Waals surface area contributed by atoms with Gasteiger partial charge in [0, 0.05) is 49.5 Å². The second kappa shape index (κ2) is 10.2. The Morgan fingerprint density at radius 3 is 2.43 bits per heavy atom. The lowest BCUT2D eigenvalue weighted by Gasteiger charge is -2.34. The number of hydrogen-bond acceptors (Lipinski definition) is 5. The molecule has 0 radical (unpaired) electrons. The molecule has 35 heavy (non-hydrogen) atoms. The number of fused-ring (bicyclic) bond motifs is 1. The summed E-state index contributed by atoms with van der Waals surface area (Å²) in [7, 11) is 0. The number of carbonyl (C=O) groups excluding carboxylic acids is 2. The number of likely N-dealkylation sites (N-methyl/N-ethyl adjacent to an activating group) is 1. The molecule has 0 aromatic heterocycles. The smallest absolute Gasteiger partial charge is 0.255 e. The lowest BCUT2D eigenvalue weighted by molar-refractivity contribution is -0.126. The molecule has 0 bridgehead atoms. The van der Waals surface area contributed by atoms with E-state index in [1.165, 1.54) is 5.56 Å². The van der Waals surface area contributed by atoms with Crippen LogP contribution in [0, 0.1) is 0 Å². The Bertz CT molecular complexity index is 1110. The first-order chi connectivity index (χ1) is 17.0. The Kier molecular flexibility index (Phi) is 6.88. The molecular weight excluding hydrogens is 440 g/mol. The summed E-state index contributed by atoms with van der Waals surface area (Å²) in [5.74, 6) is 0.441. The third kappa shape index (κ3) is 5.11. The first kappa shape index (κ1) is 23.6. The first-order valence-corrected chi connectivity index (χ1v) is 12.6. The lowest BCUT2D eigenvalue weighted by Crippen LogP contribution is -2.49. The molecule has 5 rings (SSSR count). The van der Waals surface area contributed by atoms with Gasteiger partial charge in [-0.1, -0.05) is 43.8 Å². The van der Waals surface area contributed by atoms with Crippen LogP contribution in [-0.2, 0) is 24.5 Å². The second-order valence-corrected chi connectivity index (χ2v) is 9.68. The van der Waals surface area contributed by atoms with E-state index in [1.807, 2.05) is 18.2 Å². The molecular formula is C28H34N4O3. The average Bonchev–Trinajstić information content (AvgIpc) is 3.21. The number of nitrogens with zero attached hydrogens (tertiary/aromatic N) is 3. The maximum Gasteiger partial charge on any atom is 0.255 e. The van der Waals surface area contributed by atoms with Gasteiger partial charge in [-0.2, -0.15) is 0 Å². The Morgan fingerprint density at radius 1 is 1.00 bits per heavy atom. The third-order valence-electron chi connectivity index (χ3n) is 7.39. The minimum atomic E-state index is -0.467. The normalized spacial score (nSPS) is 21.2. The first-order valence-electron chi connectivity index (χ1n) is 12.6. The zero-order chi connectivity index (χ0) is 24.4. The van der Waals surface area contributed by atoms with Crippen LogP contribution in [0.25, 0.3) is 0 Å². The molecule has 2 aromatic carbocycles. The fourth-order valence-electron chi connectivity index (χ4n) is 5.20. The number of allylic oxidation sites excluding steroid dienone is 1. The Labute approximate surface area is 207 Å². The van der Waals surface area contributed by atoms with Gasteiger partial charge >= 0.3 is 0 Å². The van der Waals surface area contributed by atoms with Crippen LogP contribution in [0.1, 0.15) is 46.8 Å². The molecule has 1 N–H and O–H groups in total. The predicted molar refractivity (Wildman–Crippen MR) is 135 cm³/mol. The summed E-state index contributed by atoms with van der Waals surface area (Å²) >= 11 is 0. The summed E-state index contributed by atoms with van der Waals surface area (Å²) in [6.07, 6.45) is 1.28. The molecule has 2 saturated heterocycles. The minimum absolute atomic E-state index is 0.109. The van der Waals surface area contributed by atoms with Gasteiger partial charge in [0.25, 0.3) is 5.91 Å². The van der Waals surface area contributed by atoms with E-state index in [4.69, 9.17) is 4.74 Å². The van der Waals surface area contributed by atoms with Gasteiger partial charge in [0.2, 0.25) is 5.91 Å². The van der Waals surface area contributed by atoms with Crippen molar-refractivity contribution in [2.24, 2.45) is 0 Å². The number of rotatable bonds is 7. The molecule has 0 spiro atoms. The molecule has 3 aliphatic rings. The summed E-state index contributed by atoms with van der Waals surface area (Å²) in [4.78, 5) is 32.2. The van der Waals surface area contributed by atoms with Crippen molar-refractivity contribution in [3.8, 4) is 5.75 Å². The van der Waals surface area contributed by atoms with Crippen LogP contribution >= 0.6 is 0 Å². The van der Waals surface area contributed by atoms with Gasteiger partial charge in [-0.3, -0.25) is 14.5 Å². The molecule has 0 saturated carbocycles.